The van der Waals surface area contributed by atoms with E-state index in [1.807, 2.05) is 25.1 Å². The molecule has 1 N–H and O–H groups in total. The maximum absolute atomic E-state index is 12.2. The molecule has 17 heavy (non-hydrogen) atoms. The molecule has 3 nitrogen and oxygen atoms in total. The van der Waals surface area contributed by atoms with Crippen LogP contribution in [0.2, 0.25) is 0 Å². The molecule has 0 aromatic heterocycles. The summed E-state index contributed by atoms with van der Waals surface area (Å²) in [7, 11) is 1.77. The van der Waals surface area contributed by atoms with Gasteiger partial charge >= 0.3 is 0 Å². The fourth-order valence-corrected chi connectivity index (χ4v) is 2.06. The lowest BCUT2D eigenvalue weighted by Crippen LogP contribution is -2.30. The van der Waals surface area contributed by atoms with Gasteiger partial charge in [0.05, 0.1) is 11.7 Å². The maximum Gasteiger partial charge on any atom is 0.254 e. The molecule has 0 aliphatic rings. The second-order valence-electron chi connectivity index (χ2n) is 4.35. The van der Waals surface area contributed by atoms with Gasteiger partial charge in [0.15, 0.2) is 0 Å². The van der Waals surface area contributed by atoms with Crippen LogP contribution in [0.5, 0.6) is 0 Å². The van der Waals surface area contributed by atoms with Crippen LogP contribution in [0.4, 0.5) is 0 Å². The number of carbonyl (C=O) groups is 1. The average Bonchev–Trinajstić information content (AvgIpc) is 2.28. The molecule has 1 aromatic carbocycles. The minimum Gasteiger partial charge on any atom is -0.393 e. The Bertz CT molecular complexity index is 404. The molecule has 0 aliphatic heterocycles. The number of carbonyl (C=O) groups excluding carboxylic acids is 1. The van der Waals surface area contributed by atoms with Crippen molar-refractivity contribution in [3.05, 3.63) is 32.9 Å². The Morgan fingerprint density at radius 3 is 2.76 bits per heavy atom. The van der Waals surface area contributed by atoms with Crippen LogP contribution in [0.25, 0.3) is 0 Å². The highest BCUT2D eigenvalue weighted by atomic mass is 127. The zero-order valence-corrected chi connectivity index (χ0v) is 12.6. The highest BCUT2D eigenvalue weighted by molar-refractivity contribution is 14.1. The summed E-state index contributed by atoms with van der Waals surface area (Å²) < 4.78 is 0.960. The van der Waals surface area contributed by atoms with E-state index in [1.54, 1.807) is 18.9 Å². The van der Waals surface area contributed by atoms with Gasteiger partial charge in [-0.25, -0.2) is 0 Å². The molecule has 1 amide bonds. The largest absolute Gasteiger partial charge is 0.393 e. The molecule has 1 unspecified atom stereocenters. The van der Waals surface area contributed by atoms with E-state index in [2.05, 4.69) is 22.6 Å². The van der Waals surface area contributed by atoms with Crippen LogP contribution < -0.4 is 0 Å². The standard InChI is InChI=1S/C13H18INO2/c1-9-4-5-12(14)11(8-9)13(17)15(3)7-6-10(2)16/h4-5,8,10,16H,6-7H2,1-3H3. The molecule has 1 atom stereocenters. The molecular formula is C13H18INO2. The molecule has 1 aromatic rings. The third-order valence-electron chi connectivity index (χ3n) is 2.58. The monoisotopic (exact) mass is 347 g/mol. The molecule has 4 heteroatoms. The van der Waals surface area contributed by atoms with Crippen molar-refractivity contribution in [2.45, 2.75) is 26.4 Å². The Morgan fingerprint density at radius 2 is 2.18 bits per heavy atom. The maximum atomic E-state index is 12.2. The smallest absolute Gasteiger partial charge is 0.254 e. The van der Waals surface area contributed by atoms with Gasteiger partial charge in [-0.3, -0.25) is 4.79 Å². The van der Waals surface area contributed by atoms with Gasteiger partial charge in [0.2, 0.25) is 0 Å². The number of rotatable bonds is 4. The summed E-state index contributed by atoms with van der Waals surface area (Å²) in [6.07, 6.45) is 0.229. The Morgan fingerprint density at radius 1 is 1.53 bits per heavy atom. The van der Waals surface area contributed by atoms with E-state index in [1.165, 1.54) is 0 Å². The van der Waals surface area contributed by atoms with E-state index in [0.717, 1.165) is 14.7 Å². The second kappa shape index (κ2) is 6.35. The van der Waals surface area contributed by atoms with Gasteiger partial charge < -0.3 is 10.0 Å². The van der Waals surface area contributed by atoms with Gasteiger partial charge in [0.1, 0.15) is 0 Å². The van der Waals surface area contributed by atoms with Gasteiger partial charge in [-0.15, -0.1) is 0 Å². The van der Waals surface area contributed by atoms with Crippen LogP contribution in [0, 0.1) is 10.5 Å². The highest BCUT2D eigenvalue weighted by Gasteiger charge is 2.15. The molecule has 0 saturated heterocycles. The van der Waals surface area contributed by atoms with Gasteiger partial charge in [0, 0.05) is 17.2 Å². The predicted molar refractivity (Wildman–Crippen MR) is 77.2 cm³/mol. The molecular weight excluding hydrogens is 329 g/mol. The predicted octanol–water partition coefficient (Wildman–Crippen LogP) is 2.44. The summed E-state index contributed by atoms with van der Waals surface area (Å²) in [5, 5.41) is 9.21. The van der Waals surface area contributed by atoms with Crippen LogP contribution in [0.15, 0.2) is 18.2 Å². The molecule has 94 valence electrons. The Hall–Kier alpha value is -0.620. The van der Waals surface area contributed by atoms with E-state index in [4.69, 9.17) is 0 Å². The summed E-state index contributed by atoms with van der Waals surface area (Å²) in [5.74, 6) is 0.0127. The number of aliphatic hydroxyl groups excluding tert-OH is 1. The van der Waals surface area contributed by atoms with Gasteiger partial charge in [-0.2, -0.15) is 0 Å². The number of nitrogens with zero attached hydrogens (tertiary/aromatic N) is 1. The Labute approximate surface area is 116 Å². The quantitative estimate of drug-likeness (QED) is 0.850. The van der Waals surface area contributed by atoms with E-state index < -0.39 is 0 Å². The van der Waals surface area contributed by atoms with Crippen molar-refractivity contribution < 1.29 is 9.90 Å². The van der Waals surface area contributed by atoms with Crippen LogP contribution in [0.1, 0.15) is 29.3 Å². The van der Waals surface area contributed by atoms with E-state index in [0.29, 0.717) is 13.0 Å². The van der Waals surface area contributed by atoms with Crippen molar-refractivity contribution in [2.75, 3.05) is 13.6 Å². The lowest BCUT2D eigenvalue weighted by atomic mass is 10.1. The zero-order valence-electron chi connectivity index (χ0n) is 10.4. The zero-order chi connectivity index (χ0) is 13.0. The highest BCUT2D eigenvalue weighted by Crippen LogP contribution is 2.16. The number of halogens is 1. The topological polar surface area (TPSA) is 40.5 Å². The number of aliphatic hydroxyl groups is 1. The van der Waals surface area contributed by atoms with Crippen molar-refractivity contribution in [3.8, 4) is 0 Å². The summed E-state index contributed by atoms with van der Waals surface area (Å²) >= 11 is 2.17. The van der Waals surface area contributed by atoms with Crippen LogP contribution in [-0.4, -0.2) is 35.6 Å². The van der Waals surface area contributed by atoms with Gasteiger partial charge in [-0.05, 0) is 55.0 Å². The number of amides is 1. The number of hydrogen-bond donors (Lipinski definition) is 1. The minimum absolute atomic E-state index is 0.0127. The molecule has 0 aliphatic carbocycles. The third kappa shape index (κ3) is 4.27. The minimum atomic E-state index is -0.373. The normalized spacial score (nSPS) is 12.3. The van der Waals surface area contributed by atoms with E-state index in [9.17, 15) is 9.90 Å². The number of aryl methyl sites for hydroxylation is 1. The lowest BCUT2D eigenvalue weighted by Gasteiger charge is -2.19. The van der Waals surface area contributed by atoms with Crippen LogP contribution in [-0.2, 0) is 0 Å². The first-order valence-corrected chi connectivity index (χ1v) is 6.69. The van der Waals surface area contributed by atoms with Crippen LogP contribution in [0.3, 0.4) is 0 Å². The molecule has 0 saturated carbocycles. The number of hydrogen-bond acceptors (Lipinski definition) is 2. The molecule has 0 heterocycles. The molecule has 0 spiro atoms. The number of benzene rings is 1. The molecule has 0 bridgehead atoms. The summed E-state index contributed by atoms with van der Waals surface area (Å²) in [6.45, 7) is 4.28. The van der Waals surface area contributed by atoms with Gasteiger partial charge in [0.25, 0.3) is 5.91 Å². The fraction of sp³-hybridized carbons (Fsp3) is 0.462. The van der Waals surface area contributed by atoms with Crippen molar-refractivity contribution in [1.82, 2.24) is 4.90 Å². The van der Waals surface area contributed by atoms with Crippen molar-refractivity contribution in [2.24, 2.45) is 0 Å². The average molecular weight is 347 g/mol. The van der Waals surface area contributed by atoms with E-state index >= 15 is 0 Å². The van der Waals surface area contributed by atoms with Gasteiger partial charge in [-0.1, -0.05) is 11.6 Å². The third-order valence-corrected chi connectivity index (χ3v) is 3.52. The first-order chi connectivity index (χ1) is 7.91. The van der Waals surface area contributed by atoms with Crippen molar-refractivity contribution in [3.63, 3.8) is 0 Å². The second-order valence-corrected chi connectivity index (χ2v) is 5.51. The Kier molecular flexibility index (Phi) is 5.39. The molecule has 0 radical (unpaired) electrons. The first-order valence-electron chi connectivity index (χ1n) is 5.61. The SMILES string of the molecule is Cc1ccc(I)c(C(=O)N(C)CCC(C)O)c1. The first kappa shape index (κ1) is 14.4. The van der Waals surface area contributed by atoms with E-state index in [-0.39, 0.29) is 12.0 Å². The summed E-state index contributed by atoms with van der Waals surface area (Å²) in [6, 6.07) is 5.85. The van der Waals surface area contributed by atoms with Crippen molar-refractivity contribution in [1.29, 1.82) is 0 Å². The molecule has 1 rings (SSSR count). The van der Waals surface area contributed by atoms with Crippen molar-refractivity contribution >= 4 is 28.5 Å². The Balaban J connectivity index is 2.78. The fourth-order valence-electron chi connectivity index (χ4n) is 1.49. The van der Waals surface area contributed by atoms with Crippen LogP contribution >= 0.6 is 22.6 Å². The summed E-state index contributed by atoms with van der Waals surface area (Å²) in [4.78, 5) is 13.8. The lowest BCUT2D eigenvalue weighted by molar-refractivity contribution is 0.0768. The molecule has 0 fully saturated rings. The summed E-state index contributed by atoms with van der Waals surface area (Å²) in [5.41, 5.74) is 1.82.